The number of fused-ring (bicyclic) bond motifs is 1. The Hall–Kier alpha value is -3.98. The van der Waals surface area contributed by atoms with E-state index in [9.17, 15) is 9.59 Å². The second-order valence-corrected chi connectivity index (χ2v) is 7.90. The summed E-state index contributed by atoms with van der Waals surface area (Å²) in [5.41, 5.74) is 3.31. The summed E-state index contributed by atoms with van der Waals surface area (Å²) in [6.45, 7) is 3.82. The molecule has 166 valence electrons. The molecule has 9 nitrogen and oxygen atoms in total. The summed E-state index contributed by atoms with van der Waals surface area (Å²) in [4.78, 5) is 42.1. The number of pyridine rings is 1. The van der Waals surface area contributed by atoms with Gasteiger partial charge >= 0.3 is 0 Å². The van der Waals surface area contributed by atoms with Crippen molar-refractivity contribution in [1.82, 2.24) is 34.5 Å². The molecule has 0 aliphatic carbocycles. The zero-order valence-corrected chi connectivity index (χ0v) is 18.0. The van der Waals surface area contributed by atoms with Crippen molar-refractivity contribution in [2.45, 2.75) is 6.54 Å². The lowest BCUT2D eigenvalue weighted by Crippen LogP contribution is -2.49. The van der Waals surface area contributed by atoms with E-state index in [0.717, 1.165) is 29.9 Å². The van der Waals surface area contributed by atoms with E-state index in [2.05, 4.69) is 25.0 Å². The molecule has 3 aromatic heterocycles. The van der Waals surface area contributed by atoms with E-state index in [0.29, 0.717) is 37.4 Å². The van der Waals surface area contributed by atoms with Crippen LogP contribution in [-0.4, -0.2) is 73.2 Å². The highest BCUT2D eigenvalue weighted by Gasteiger charge is 2.23. The van der Waals surface area contributed by atoms with Gasteiger partial charge in [-0.3, -0.25) is 24.5 Å². The quantitative estimate of drug-likeness (QED) is 0.465. The summed E-state index contributed by atoms with van der Waals surface area (Å²) < 4.78 is 1.49. The predicted molar refractivity (Wildman–Crippen MR) is 124 cm³/mol. The monoisotopic (exact) mass is 441 g/mol. The van der Waals surface area contributed by atoms with Crippen LogP contribution in [0.5, 0.6) is 0 Å². The highest BCUT2D eigenvalue weighted by atomic mass is 16.2. The molecule has 0 spiro atoms. The van der Waals surface area contributed by atoms with Crippen LogP contribution in [0.15, 0.2) is 71.9 Å². The Balaban J connectivity index is 1.19. The first-order valence-electron chi connectivity index (χ1n) is 10.9. The molecule has 0 unspecified atom stereocenters. The molecule has 1 aromatic carbocycles. The lowest BCUT2D eigenvalue weighted by molar-refractivity contribution is 0.0625. The van der Waals surface area contributed by atoms with Crippen LogP contribution in [0.25, 0.3) is 22.3 Å². The third-order valence-corrected chi connectivity index (χ3v) is 5.78. The first kappa shape index (κ1) is 20.9. The minimum Gasteiger partial charge on any atom is -0.335 e. The Labute approximate surface area is 190 Å². The van der Waals surface area contributed by atoms with Crippen molar-refractivity contribution in [3.8, 4) is 11.3 Å². The van der Waals surface area contributed by atoms with Gasteiger partial charge in [-0.2, -0.15) is 5.10 Å². The summed E-state index contributed by atoms with van der Waals surface area (Å²) in [6.07, 6.45) is 4.98. The lowest BCUT2D eigenvalue weighted by Gasteiger charge is -2.34. The third-order valence-electron chi connectivity index (χ3n) is 5.78. The van der Waals surface area contributed by atoms with Gasteiger partial charge in [0.05, 0.1) is 29.5 Å². The first-order chi connectivity index (χ1) is 16.2. The molecule has 0 atom stereocenters. The number of rotatable bonds is 5. The summed E-state index contributed by atoms with van der Waals surface area (Å²) >= 11 is 0. The molecule has 0 bridgehead atoms. The van der Waals surface area contributed by atoms with Crippen LogP contribution in [-0.2, 0) is 6.54 Å². The molecule has 4 aromatic rings. The molecular formula is C24H23N7O2. The zero-order chi connectivity index (χ0) is 22.6. The smallest absolute Gasteiger partial charge is 0.274 e. The molecule has 9 heteroatoms. The molecule has 0 radical (unpaired) electrons. The standard InChI is InChI=1S/C24H23N7O2/c32-23-8-7-19(18-4-3-9-25-16-18)28-31(23)15-12-29-10-13-30(14-11-29)24(33)22-17-26-20-5-1-2-6-21(20)27-22/h1-9,16-17H,10-15H2. The summed E-state index contributed by atoms with van der Waals surface area (Å²) in [5.74, 6) is -0.102. The third kappa shape index (κ3) is 4.63. The number of amides is 1. The normalized spacial score (nSPS) is 14.5. The number of hydrogen-bond acceptors (Lipinski definition) is 7. The largest absolute Gasteiger partial charge is 0.335 e. The van der Waals surface area contributed by atoms with E-state index in [4.69, 9.17) is 0 Å². The van der Waals surface area contributed by atoms with Gasteiger partial charge in [0.2, 0.25) is 0 Å². The summed E-state index contributed by atoms with van der Waals surface area (Å²) in [5, 5.41) is 4.49. The Kier molecular flexibility index (Phi) is 5.86. The van der Waals surface area contributed by atoms with E-state index < -0.39 is 0 Å². The number of benzene rings is 1. The number of nitrogens with zero attached hydrogens (tertiary/aromatic N) is 7. The van der Waals surface area contributed by atoms with Crippen molar-refractivity contribution >= 4 is 16.9 Å². The van der Waals surface area contributed by atoms with Crippen LogP contribution in [0.3, 0.4) is 0 Å². The maximum absolute atomic E-state index is 12.9. The van der Waals surface area contributed by atoms with Gasteiger partial charge in [-0.1, -0.05) is 12.1 Å². The average molecular weight is 441 g/mol. The zero-order valence-electron chi connectivity index (χ0n) is 18.0. The molecule has 1 amide bonds. The van der Waals surface area contributed by atoms with Crippen LogP contribution >= 0.6 is 0 Å². The Morgan fingerprint density at radius 2 is 1.70 bits per heavy atom. The maximum Gasteiger partial charge on any atom is 0.274 e. The Morgan fingerprint density at radius 3 is 2.48 bits per heavy atom. The SMILES string of the molecule is O=C(c1cnc2ccccc2n1)N1CCN(CCn2nc(-c3cccnc3)ccc2=O)CC1. The maximum atomic E-state index is 12.9. The first-order valence-corrected chi connectivity index (χ1v) is 10.9. The highest BCUT2D eigenvalue weighted by molar-refractivity contribution is 5.93. The number of aromatic nitrogens is 5. The van der Waals surface area contributed by atoms with Gasteiger partial charge in [0.15, 0.2) is 0 Å². The molecule has 1 aliphatic heterocycles. The fourth-order valence-corrected chi connectivity index (χ4v) is 3.91. The predicted octanol–water partition coefficient (Wildman–Crippen LogP) is 1.71. The summed E-state index contributed by atoms with van der Waals surface area (Å²) in [7, 11) is 0. The van der Waals surface area contributed by atoms with Crippen molar-refractivity contribution in [3.63, 3.8) is 0 Å². The molecule has 5 rings (SSSR count). The van der Waals surface area contributed by atoms with Gasteiger partial charge in [0.1, 0.15) is 5.69 Å². The van der Waals surface area contributed by atoms with Crippen LogP contribution in [0.4, 0.5) is 0 Å². The number of carbonyl (C=O) groups excluding carboxylic acids is 1. The number of para-hydroxylation sites is 2. The molecule has 1 fully saturated rings. The fourth-order valence-electron chi connectivity index (χ4n) is 3.91. The highest BCUT2D eigenvalue weighted by Crippen LogP contribution is 2.14. The molecule has 1 saturated heterocycles. The molecule has 33 heavy (non-hydrogen) atoms. The van der Waals surface area contributed by atoms with Crippen LogP contribution in [0.2, 0.25) is 0 Å². The number of hydrogen-bond donors (Lipinski definition) is 0. The van der Waals surface area contributed by atoms with Gasteiger partial charge in [0.25, 0.3) is 11.5 Å². The molecular weight excluding hydrogens is 418 g/mol. The van der Waals surface area contributed by atoms with Crippen molar-refractivity contribution in [2.75, 3.05) is 32.7 Å². The van der Waals surface area contributed by atoms with Crippen LogP contribution in [0, 0.1) is 0 Å². The fraction of sp³-hybridized carbons (Fsp3) is 0.250. The van der Waals surface area contributed by atoms with Gasteiger partial charge < -0.3 is 4.90 Å². The van der Waals surface area contributed by atoms with E-state index in [1.807, 2.05) is 41.3 Å². The topological polar surface area (TPSA) is 97.1 Å². The Morgan fingerprint density at radius 1 is 0.879 bits per heavy atom. The van der Waals surface area contributed by atoms with Gasteiger partial charge in [-0.25, -0.2) is 9.67 Å². The summed E-state index contributed by atoms with van der Waals surface area (Å²) in [6, 6.07) is 14.5. The molecule has 0 N–H and O–H groups in total. The second kappa shape index (κ2) is 9.25. The molecule has 0 saturated carbocycles. The number of piperazine rings is 1. The van der Waals surface area contributed by atoms with Gasteiger partial charge in [-0.05, 0) is 30.3 Å². The average Bonchev–Trinajstić information content (AvgIpc) is 2.88. The van der Waals surface area contributed by atoms with Crippen LogP contribution in [0.1, 0.15) is 10.5 Å². The van der Waals surface area contributed by atoms with Crippen molar-refractivity contribution in [3.05, 3.63) is 83.2 Å². The molecule has 4 heterocycles. The van der Waals surface area contributed by atoms with Crippen LogP contribution < -0.4 is 5.56 Å². The van der Waals surface area contributed by atoms with E-state index in [-0.39, 0.29) is 11.5 Å². The minimum absolute atomic E-state index is 0.102. The Bertz CT molecular complexity index is 1330. The van der Waals surface area contributed by atoms with Gasteiger partial charge in [-0.15, -0.1) is 0 Å². The van der Waals surface area contributed by atoms with Gasteiger partial charge in [0, 0.05) is 56.7 Å². The van der Waals surface area contributed by atoms with Crippen molar-refractivity contribution < 1.29 is 4.79 Å². The second-order valence-electron chi connectivity index (χ2n) is 7.90. The van der Waals surface area contributed by atoms with E-state index in [1.165, 1.54) is 10.7 Å². The van der Waals surface area contributed by atoms with E-state index >= 15 is 0 Å². The van der Waals surface area contributed by atoms with Crippen molar-refractivity contribution in [2.24, 2.45) is 0 Å². The lowest BCUT2D eigenvalue weighted by atomic mass is 10.2. The minimum atomic E-state index is -0.133. The number of carbonyl (C=O) groups is 1. The van der Waals surface area contributed by atoms with Crippen molar-refractivity contribution in [1.29, 1.82) is 0 Å². The molecule has 1 aliphatic rings. The van der Waals surface area contributed by atoms with E-state index in [1.54, 1.807) is 24.7 Å².